The predicted molar refractivity (Wildman–Crippen MR) is 409 cm³/mol. The van der Waals surface area contributed by atoms with Gasteiger partial charge in [-0.15, -0.1) is 0 Å². The fourth-order valence-corrected chi connectivity index (χ4v) is 22.9. The molecule has 0 bridgehead atoms. The van der Waals surface area contributed by atoms with Crippen molar-refractivity contribution in [1.29, 1.82) is 0 Å². The third kappa shape index (κ3) is 47.2. The second kappa shape index (κ2) is 54.9. The van der Waals surface area contributed by atoms with Gasteiger partial charge in [0.2, 0.25) is 0 Å². The van der Waals surface area contributed by atoms with Crippen LogP contribution in [0.1, 0.15) is 234 Å². The van der Waals surface area contributed by atoms with Crippen LogP contribution in [0.25, 0.3) is 0 Å². The molecule has 21 heteroatoms. The zero-order chi connectivity index (χ0) is 67.8. The molecule has 0 aromatic rings. The van der Waals surface area contributed by atoms with E-state index in [1.54, 1.807) is 0 Å². The molecule has 7 saturated carbocycles. The Hall–Kier alpha value is 5.42. The molecule has 0 spiro atoms. The number of rotatable bonds is 21. The number of hydrogen-bond donors (Lipinski definition) is 0. The maximum atomic E-state index is 6.34. The van der Waals surface area contributed by atoms with Crippen LogP contribution < -0.4 is 132 Å². The summed E-state index contributed by atoms with van der Waals surface area (Å²) in [6.07, 6.45) is 26.8. The molecule has 0 amide bonds. The van der Waals surface area contributed by atoms with E-state index in [4.69, 9.17) is 31.0 Å². The van der Waals surface area contributed by atoms with Gasteiger partial charge in [-0.3, -0.25) is 0 Å². The van der Waals surface area contributed by atoms with Crippen molar-refractivity contribution < 1.29 is 163 Å². The Morgan fingerprint density at radius 2 is 0.600 bits per heavy atom. The predicted octanol–water partition coefficient (Wildman–Crippen LogP) is 3.93. The molecule has 7 fully saturated rings. The van der Waals surface area contributed by atoms with Crippen LogP contribution in [-0.4, -0.2) is 101 Å². The van der Waals surface area contributed by atoms with Gasteiger partial charge in [-0.2, -0.15) is 0 Å². The second-order valence-electron chi connectivity index (χ2n) is 35.0. The van der Waals surface area contributed by atoms with E-state index in [1.807, 2.05) is 0 Å². The van der Waals surface area contributed by atoms with E-state index in [1.165, 1.54) is 151 Å². The summed E-state index contributed by atoms with van der Waals surface area (Å²) in [5.41, 5.74) is 0. The molecule has 0 saturated heterocycles. The summed E-state index contributed by atoms with van der Waals surface area (Å²) in [6.45, 7) is 74.3. The van der Waals surface area contributed by atoms with Crippen LogP contribution in [0.5, 0.6) is 0 Å². The standard InChI is InChI=1S/C12H26OSi.3C11H24OSi.2C10H22OSi.C9H20OSi.7Li/c1-7-14(5,6)13-12-8-9(2)10(3)11(12)4;1-6-13(4,5)12-11-8-9(2)7-10(11)3;1-6-13(4,5)12-11-8-7-9(2)10(11)3;1-6-13(4,5)12-11-9(2)7-8-10(11)3;1-5-12(3,4)11-10-7-6-9(2)8-10;1-5-12(3,4)11-10-8-6-7-9(10)2;1-4-11(2,3)10-9-7-5-6-8-9;;;;;;;/h9-12H,7-8H2,1-6H3;3*9-11H,6-8H2,1-5H3;2*9-10H,5-8H2,1-4H3;9H,4-8H2,1-3H3;;;;;;;/q;;;;;;;7*+1. The largest absolute Gasteiger partial charge is 1.00 e. The van der Waals surface area contributed by atoms with Crippen molar-refractivity contribution in [2.75, 3.05) is 0 Å². The normalized spacial score (nSPS) is 30.5. The Labute approximate surface area is 689 Å². The minimum Gasteiger partial charge on any atom is -0.414 e. The summed E-state index contributed by atoms with van der Waals surface area (Å²) in [6, 6.07) is 8.70. The summed E-state index contributed by atoms with van der Waals surface area (Å²) in [4.78, 5) is 0. The van der Waals surface area contributed by atoms with Gasteiger partial charge >= 0.3 is 132 Å². The summed E-state index contributed by atoms with van der Waals surface area (Å²) >= 11 is 0. The minimum absolute atomic E-state index is 0. The third-order valence-electron chi connectivity index (χ3n) is 23.6. The van der Waals surface area contributed by atoms with Gasteiger partial charge in [-0.1, -0.05) is 144 Å². The van der Waals surface area contributed by atoms with Crippen LogP contribution >= 0.6 is 0 Å². The molecular weight excluding hydrogens is 1250 g/mol. The summed E-state index contributed by atoms with van der Waals surface area (Å²) in [5.74, 6) is 9.02. The van der Waals surface area contributed by atoms with E-state index < -0.39 is 58.2 Å². The van der Waals surface area contributed by atoms with Crippen LogP contribution in [0.15, 0.2) is 0 Å². The van der Waals surface area contributed by atoms with Crippen LogP contribution in [0.3, 0.4) is 0 Å². The average molecular weight is 1410 g/mol. The Morgan fingerprint density at radius 3 is 0.926 bits per heavy atom. The van der Waals surface area contributed by atoms with Crippen molar-refractivity contribution >= 4 is 58.2 Å². The molecule has 0 aromatic heterocycles. The smallest absolute Gasteiger partial charge is 0.414 e. The summed E-state index contributed by atoms with van der Waals surface area (Å²) < 4.78 is 43.6. The molecule has 7 aliphatic rings. The van der Waals surface area contributed by atoms with Crippen molar-refractivity contribution in [3.05, 3.63) is 0 Å². The fourth-order valence-electron chi connectivity index (χ4n) is 13.7. The maximum absolute atomic E-state index is 6.34. The van der Waals surface area contributed by atoms with Crippen molar-refractivity contribution in [2.24, 2.45) is 65.1 Å². The quantitative estimate of drug-likeness (QED) is 0.162. The summed E-state index contributed by atoms with van der Waals surface area (Å²) in [5, 5.41) is 0. The van der Waals surface area contributed by atoms with E-state index in [-0.39, 0.29) is 132 Å². The van der Waals surface area contributed by atoms with E-state index in [9.17, 15) is 0 Å². The van der Waals surface area contributed by atoms with Crippen molar-refractivity contribution in [3.8, 4) is 0 Å². The van der Waals surface area contributed by atoms with Crippen LogP contribution in [0.2, 0.25) is 134 Å². The van der Waals surface area contributed by atoms with E-state index in [2.05, 4.69) is 216 Å². The van der Waals surface area contributed by atoms with E-state index >= 15 is 0 Å². The first-order valence-corrected chi connectivity index (χ1v) is 60.0. The zero-order valence-electron chi connectivity index (χ0n) is 72.7. The molecule has 0 radical (unpaired) electrons. The Kier molecular flexibility index (Phi) is 65.8. The van der Waals surface area contributed by atoms with Gasteiger partial charge in [0.15, 0.2) is 58.2 Å². The molecule has 0 heterocycles. The van der Waals surface area contributed by atoms with Crippen LogP contribution in [0.4, 0.5) is 0 Å². The van der Waals surface area contributed by atoms with E-state index in [0.717, 1.165) is 65.1 Å². The Bertz CT molecular complexity index is 1820. The minimum atomic E-state index is -1.34. The van der Waals surface area contributed by atoms with Crippen molar-refractivity contribution in [1.82, 2.24) is 0 Å². The first-order chi connectivity index (χ1) is 40.5. The second-order valence-corrected chi connectivity index (χ2v) is 66.3. The van der Waals surface area contributed by atoms with Crippen LogP contribution in [-0.2, 0) is 31.0 Å². The number of hydrogen-bond acceptors (Lipinski definition) is 7. The molecule has 16 unspecified atom stereocenters. The SMILES string of the molecule is CC[Si](C)(C)OC1C(C)CCC1C.CC[Si](C)(C)OC1CC(C)C(C)C1C.CC[Si](C)(C)OC1CC(C)CC1C.CC[Si](C)(C)OC1CCC(C)C1.CC[Si](C)(C)OC1CCC(C)C1C.CC[Si](C)(C)OC1CCCC1.CC[Si](C)(C)OC1CCCC1C.[Li+].[Li+].[Li+].[Li+].[Li+].[Li+].[Li+]. The molecule has 0 N–H and O–H groups in total. The molecule has 0 aromatic carbocycles. The molecular formula is C74H162Li7O7Si7+7. The molecule has 0 aliphatic heterocycles. The average Bonchev–Trinajstić information content (AvgIpc) is 1.77. The van der Waals surface area contributed by atoms with Crippen LogP contribution in [0, 0.1) is 65.1 Å². The zero-order valence-corrected chi connectivity index (χ0v) is 79.7. The molecule has 7 rings (SSSR count). The molecule has 7 nitrogen and oxygen atoms in total. The van der Waals surface area contributed by atoms with Gasteiger partial charge in [-0.25, -0.2) is 0 Å². The molecule has 7 aliphatic carbocycles. The molecule has 16 atom stereocenters. The molecule has 528 valence electrons. The molecule has 95 heavy (non-hydrogen) atoms. The third-order valence-corrected chi connectivity index (χ3v) is 42.1. The van der Waals surface area contributed by atoms with Gasteiger partial charge < -0.3 is 31.0 Å². The summed E-state index contributed by atoms with van der Waals surface area (Å²) in [7, 11) is -9.09. The van der Waals surface area contributed by atoms with Gasteiger partial charge in [0.05, 0.1) is 6.10 Å². The monoisotopic (exact) mass is 1410 g/mol. The van der Waals surface area contributed by atoms with Gasteiger partial charge in [-0.05, 0) is 289 Å². The van der Waals surface area contributed by atoms with Gasteiger partial charge in [0.1, 0.15) is 0 Å². The Morgan fingerprint density at radius 1 is 0.232 bits per heavy atom. The van der Waals surface area contributed by atoms with Crippen molar-refractivity contribution in [2.45, 2.75) is 410 Å². The van der Waals surface area contributed by atoms with E-state index in [0.29, 0.717) is 42.7 Å². The van der Waals surface area contributed by atoms with Gasteiger partial charge in [0.25, 0.3) is 0 Å². The maximum Gasteiger partial charge on any atom is 1.00 e. The first-order valence-electron chi connectivity index (χ1n) is 38.2. The Balaban J connectivity index is -0.000000188. The van der Waals surface area contributed by atoms with Crippen molar-refractivity contribution in [3.63, 3.8) is 0 Å². The first kappa shape index (κ1) is 114. The topological polar surface area (TPSA) is 64.6 Å². The van der Waals surface area contributed by atoms with Gasteiger partial charge in [0, 0.05) is 36.6 Å². The fraction of sp³-hybridized carbons (Fsp3) is 1.00.